The van der Waals surface area contributed by atoms with Gasteiger partial charge in [0.2, 0.25) is 5.91 Å². The van der Waals surface area contributed by atoms with Crippen LogP contribution >= 0.6 is 0 Å². The molecule has 3 aliphatic heterocycles. The molecular weight excluding hydrogens is 374 g/mol. The van der Waals surface area contributed by atoms with E-state index in [9.17, 15) is 9.18 Å². The third-order valence-corrected chi connectivity index (χ3v) is 6.83. The second-order valence-corrected chi connectivity index (χ2v) is 9.77. The minimum atomic E-state index is -0.445. The first kappa shape index (κ1) is 20.5. The van der Waals surface area contributed by atoms with Crippen LogP contribution in [0.5, 0.6) is 0 Å². The van der Waals surface area contributed by atoms with Crippen molar-refractivity contribution in [1.82, 2.24) is 15.5 Å². The molecule has 3 fully saturated rings. The van der Waals surface area contributed by atoms with E-state index in [0.717, 1.165) is 51.9 Å². The maximum Gasteiger partial charge on any atom is 0.240 e. The summed E-state index contributed by atoms with van der Waals surface area (Å²) in [6.45, 7) is 8.90. The molecule has 7 heteroatoms. The number of nitrogens with zero attached hydrogens (tertiary/aromatic N) is 2. The van der Waals surface area contributed by atoms with Gasteiger partial charge in [0.25, 0.3) is 0 Å². The van der Waals surface area contributed by atoms with Gasteiger partial charge in [0, 0.05) is 24.7 Å². The number of hydrogen-bond acceptors (Lipinski definition) is 4. The summed E-state index contributed by atoms with van der Waals surface area (Å²) >= 11 is 0. The number of carbonyl (C=O) groups is 1. The van der Waals surface area contributed by atoms with E-state index >= 15 is 4.39 Å². The molecule has 0 radical (unpaired) electrons. The Kier molecular flexibility index (Phi) is 5.55. The number of halogens is 2. The summed E-state index contributed by atoms with van der Waals surface area (Å²) < 4.78 is 29.9. The van der Waals surface area contributed by atoms with Crippen molar-refractivity contribution in [3.8, 4) is 0 Å². The number of likely N-dealkylation sites (tertiary alicyclic amines) is 1. The fraction of sp³-hybridized carbons (Fsp3) is 0.682. The van der Waals surface area contributed by atoms with Crippen molar-refractivity contribution in [1.29, 1.82) is 0 Å². The normalized spacial score (nSPS) is 24.6. The van der Waals surface area contributed by atoms with Gasteiger partial charge < -0.3 is 15.5 Å². The summed E-state index contributed by atoms with van der Waals surface area (Å²) in [5.74, 6) is -0.962. The van der Waals surface area contributed by atoms with E-state index < -0.39 is 11.6 Å². The van der Waals surface area contributed by atoms with Crippen LogP contribution in [0.1, 0.15) is 45.1 Å². The van der Waals surface area contributed by atoms with E-state index in [1.54, 1.807) is 4.90 Å². The summed E-state index contributed by atoms with van der Waals surface area (Å²) in [4.78, 5) is 16.3. The number of anilines is 1. The maximum atomic E-state index is 15.4. The molecule has 29 heavy (non-hydrogen) atoms. The lowest BCUT2D eigenvalue weighted by Crippen LogP contribution is -2.66. The molecule has 1 amide bonds. The molecule has 3 aliphatic rings. The van der Waals surface area contributed by atoms with Crippen molar-refractivity contribution in [3.63, 3.8) is 0 Å². The summed E-state index contributed by atoms with van der Waals surface area (Å²) in [6, 6.07) is 2.55. The lowest BCUT2D eigenvalue weighted by atomic mass is 9.82. The van der Waals surface area contributed by atoms with Crippen LogP contribution < -0.4 is 15.5 Å². The first-order valence-electron chi connectivity index (χ1n) is 10.7. The summed E-state index contributed by atoms with van der Waals surface area (Å²) in [5, 5.41) is 6.41. The van der Waals surface area contributed by atoms with E-state index in [0.29, 0.717) is 24.1 Å². The lowest BCUT2D eigenvalue weighted by molar-refractivity contribution is -0.123. The number of benzene rings is 1. The molecule has 1 spiro atoms. The fourth-order valence-corrected chi connectivity index (χ4v) is 4.86. The largest absolute Gasteiger partial charge is 0.357 e. The molecule has 1 aromatic carbocycles. The molecular formula is C22H32F2N4O. The van der Waals surface area contributed by atoms with E-state index in [4.69, 9.17) is 0 Å². The smallest absolute Gasteiger partial charge is 0.240 e. The van der Waals surface area contributed by atoms with Crippen LogP contribution in [0.25, 0.3) is 0 Å². The molecule has 1 aromatic rings. The van der Waals surface area contributed by atoms with Gasteiger partial charge in [-0.15, -0.1) is 0 Å². The van der Waals surface area contributed by atoms with Crippen molar-refractivity contribution in [2.45, 2.75) is 51.6 Å². The quantitative estimate of drug-likeness (QED) is 0.810. The molecule has 5 nitrogen and oxygen atoms in total. The molecule has 0 saturated carbocycles. The standard InChI is InChI=1S/C22H32F2N4O/c1-21(2)5-9-27(10-6-21)13-16-11-17(23)12-18(20(16)24)28-14-19(29)26-22(15-28)3-7-25-8-4-22/h11-12,25H,3-10,13-15H2,1-2H3,(H,26,29). The third kappa shape index (κ3) is 4.56. The number of piperidine rings is 2. The van der Waals surface area contributed by atoms with Gasteiger partial charge in [-0.25, -0.2) is 8.78 Å². The number of nitrogens with one attached hydrogen (secondary N) is 2. The van der Waals surface area contributed by atoms with Crippen molar-refractivity contribution >= 4 is 11.6 Å². The zero-order valence-electron chi connectivity index (χ0n) is 17.5. The van der Waals surface area contributed by atoms with Gasteiger partial charge >= 0.3 is 0 Å². The first-order valence-corrected chi connectivity index (χ1v) is 10.7. The van der Waals surface area contributed by atoms with Gasteiger partial charge in [-0.3, -0.25) is 9.69 Å². The average molecular weight is 407 g/mol. The monoisotopic (exact) mass is 406 g/mol. The number of hydrogen-bond donors (Lipinski definition) is 2. The van der Waals surface area contributed by atoms with Crippen molar-refractivity contribution in [2.75, 3.05) is 44.2 Å². The molecule has 4 rings (SSSR count). The number of carbonyl (C=O) groups excluding carboxylic acids is 1. The zero-order valence-corrected chi connectivity index (χ0v) is 17.5. The molecule has 160 valence electrons. The van der Waals surface area contributed by atoms with Crippen LogP contribution in [0.2, 0.25) is 0 Å². The zero-order chi connectivity index (χ0) is 20.6. The third-order valence-electron chi connectivity index (χ3n) is 6.83. The topological polar surface area (TPSA) is 47.6 Å². The second kappa shape index (κ2) is 7.84. The minimum Gasteiger partial charge on any atom is -0.357 e. The summed E-state index contributed by atoms with van der Waals surface area (Å²) in [5.41, 5.74) is 0.542. The highest BCUT2D eigenvalue weighted by Crippen LogP contribution is 2.33. The van der Waals surface area contributed by atoms with Gasteiger partial charge in [-0.1, -0.05) is 13.8 Å². The Balaban J connectivity index is 1.55. The van der Waals surface area contributed by atoms with Crippen LogP contribution in [0.4, 0.5) is 14.5 Å². The van der Waals surface area contributed by atoms with Gasteiger partial charge in [-0.2, -0.15) is 0 Å². The fourth-order valence-electron chi connectivity index (χ4n) is 4.86. The van der Waals surface area contributed by atoms with Crippen LogP contribution in [-0.4, -0.2) is 55.6 Å². The lowest BCUT2D eigenvalue weighted by Gasteiger charge is -2.46. The molecule has 0 atom stereocenters. The first-order chi connectivity index (χ1) is 13.8. The van der Waals surface area contributed by atoms with Crippen LogP contribution in [0.3, 0.4) is 0 Å². The van der Waals surface area contributed by atoms with Crippen LogP contribution in [0, 0.1) is 17.0 Å². The van der Waals surface area contributed by atoms with Crippen LogP contribution in [0.15, 0.2) is 12.1 Å². The average Bonchev–Trinajstić information content (AvgIpc) is 2.66. The van der Waals surface area contributed by atoms with Crippen molar-refractivity contribution in [2.24, 2.45) is 5.41 Å². The molecule has 3 saturated heterocycles. The SMILES string of the molecule is CC1(C)CCN(Cc2cc(F)cc(N3CC(=O)NC4(CCNCC4)C3)c2F)CC1. The highest BCUT2D eigenvalue weighted by Gasteiger charge is 2.40. The molecule has 3 heterocycles. The second-order valence-electron chi connectivity index (χ2n) is 9.77. The van der Waals surface area contributed by atoms with E-state index in [1.165, 1.54) is 12.1 Å². The maximum absolute atomic E-state index is 15.4. The predicted octanol–water partition coefficient (Wildman–Crippen LogP) is 2.65. The van der Waals surface area contributed by atoms with E-state index in [1.807, 2.05) is 0 Å². The highest BCUT2D eigenvalue weighted by molar-refractivity contribution is 5.84. The number of rotatable bonds is 3. The van der Waals surface area contributed by atoms with Gasteiger partial charge in [-0.05, 0) is 63.3 Å². The highest BCUT2D eigenvalue weighted by atomic mass is 19.1. The summed E-state index contributed by atoms with van der Waals surface area (Å²) in [7, 11) is 0. The molecule has 0 unspecified atom stereocenters. The molecule has 2 N–H and O–H groups in total. The Hall–Kier alpha value is -1.73. The molecule has 0 aliphatic carbocycles. The van der Waals surface area contributed by atoms with E-state index in [-0.39, 0.29) is 23.7 Å². The Bertz CT molecular complexity index is 766. The Labute approximate surface area is 171 Å². The molecule has 0 bridgehead atoms. The van der Waals surface area contributed by atoms with E-state index in [2.05, 4.69) is 29.4 Å². The van der Waals surface area contributed by atoms with Gasteiger partial charge in [0.1, 0.15) is 5.82 Å². The molecule has 0 aromatic heterocycles. The van der Waals surface area contributed by atoms with Gasteiger partial charge in [0.05, 0.1) is 17.8 Å². The number of piperazine rings is 1. The minimum absolute atomic E-state index is 0.0624. The number of amides is 1. The Morgan fingerprint density at radius 3 is 2.45 bits per heavy atom. The van der Waals surface area contributed by atoms with Crippen molar-refractivity contribution < 1.29 is 13.6 Å². The van der Waals surface area contributed by atoms with Crippen LogP contribution in [-0.2, 0) is 11.3 Å². The Morgan fingerprint density at radius 2 is 1.76 bits per heavy atom. The van der Waals surface area contributed by atoms with Gasteiger partial charge in [0.15, 0.2) is 5.82 Å². The Morgan fingerprint density at radius 1 is 1.07 bits per heavy atom. The van der Waals surface area contributed by atoms with Crippen molar-refractivity contribution in [3.05, 3.63) is 29.3 Å². The summed E-state index contributed by atoms with van der Waals surface area (Å²) in [6.07, 6.45) is 3.70. The predicted molar refractivity (Wildman–Crippen MR) is 110 cm³/mol.